The molecule has 1 aliphatic carbocycles. The number of rotatable bonds is 3. The van der Waals surface area contributed by atoms with Crippen molar-refractivity contribution < 1.29 is 0 Å². The maximum absolute atomic E-state index is 2.75. The SMILES string of the molecule is CCCC1CCC(N2CCCC2)CC1. The van der Waals surface area contributed by atoms with Crippen molar-refractivity contribution in [3.05, 3.63) is 0 Å². The number of hydrogen-bond donors (Lipinski definition) is 0. The van der Waals surface area contributed by atoms with Crippen LogP contribution in [0.4, 0.5) is 0 Å². The van der Waals surface area contributed by atoms with Crippen LogP contribution in [0.3, 0.4) is 0 Å². The van der Waals surface area contributed by atoms with Gasteiger partial charge in [0, 0.05) is 6.04 Å². The zero-order valence-electron chi connectivity index (χ0n) is 9.67. The molecule has 0 atom stereocenters. The lowest BCUT2D eigenvalue weighted by molar-refractivity contribution is 0.161. The molecule has 0 N–H and O–H groups in total. The molecule has 1 heteroatoms. The smallest absolute Gasteiger partial charge is 0.00954 e. The molecule has 82 valence electrons. The Bertz CT molecular complexity index is 153. The predicted molar refractivity (Wildman–Crippen MR) is 61.5 cm³/mol. The molecular formula is C13H25N. The van der Waals surface area contributed by atoms with Crippen molar-refractivity contribution >= 4 is 0 Å². The molecule has 2 aliphatic rings. The van der Waals surface area contributed by atoms with Crippen molar-refractivity contribution in [3.63, 3.8) is 0 Å². The van der Waals surface area contributed by atoms with E-state index in [9.17, 15) is 0 Å². The number of likely N-dealkylation sites (tertiary alicyclic amines) is 1. The Morgan fingerprint density at radius 1 is 1.00 bits per heavy atom. The second-order valence-corrected chi connectivity index (χ2v) is 5.21. The van der Waals surface area contributed by atoms with Gasteiger partial charge in [-0.25, -0.2) is 0 Å². The summed E-state index contributed by atoms with van der Waals surface area (Å²) in [6, 6.07) is 0.964. The van der Waals surface area contributed by atoms with E-state index in [4.69, 9.17) is 0 Å². The van der Waals surface area contributed by atoms with Gasteiger partial charge in [-0.3, -0.25) is 0 Å². The molecule has 0 amide bonds. The van der Waals surface area contributed by atoms with Crippen LogP contribution in [0, 0.1) is 5.92 Å². The van der Waals surface area contributed by atoms with E-state index in [-0.39, 0.29) is 0 Å². The molecule has 1 nitrogen and oxygen atoms in total. The fourth-order valence-electron chi connectivity index (χ4n) is 3.31. The van der Waals surface area contributed by atoms with Crippen molar-refractivity contribution in [2.45, 2.75) is 64.3 Å². The average Bonchev–Trinajstić information content (AvgIpc) is 2.72. The van der Waals surface area contributed by atoms with Gasteiger partial charge in [0.2, 0.25) is 0 Å². The minimum Gasteiger partial charge on any atom is -0.300 e. The van der Waals surface area contributed by atoms with Crippen LogP contribution in [-0.4, -0.2) is 24.0 Å². The first-order valence-corrected chi connectivity index (χ1v) is 6.64. The Labute approximate surface area is 88.9 Å². The molecular weight excluding hydrogens is 170 g/mol. The van der Waals surface area contributed by atoms with E-state index in [0.717, 1.165) is 12.0 Å². The van der Waals surface area contributed by atoms with E-state index < -0.39 is 0 Å². The van der Waals surface area contributed by atoms with Crippen LogP contribution in [0.1, 0.15) is 58.3 Å². The van der Waals surface area contributed by atoms with Gasteiger partial charge in [0.25, 0.3) is 0 Å². The summed E-state index contributed by atoms with van der Waals surface area (Å²) in [5.41, 5.74) is 0. The highest BCUT2D eigenvalue weighted by atomic mass is 15.2. The first-order chi connectivity index (χ1) is 6.90. The molecule has 0 aromatic heterocycles. The predicted octanol–water partition coefficient (Wildman–Crippen LogP) is 3.44. The van der Waals surface area contributed by atoms with Gasteiger partial charge >= 0.3 is 0 Å². The van der Waals surface area contributed by atoms with Crippen molar-refractivity contribution in [2.75, 3.05) is 13.1 Å². The van der Waals surface area contributed by atoms with Crippen molar-refractivity contribution in [2.24, 2.45) is 5.92 Å². The van der Waals surface area contributed by atoms with Gasteiger partial charge in [-0.05, 0) is 57.5 Å². The summed E-state index contributed by atoms with van der Waals surface area (Å²) in [5.74, 6) is 1.07. The lowest BCUT2D eigenvalue weighted by Gasteiger charge is -2.34. The Hall–Kier alpha value is -0.0400. The minimum atomic E-state index is 0.964. The van der Waals surface area contributed by atoms with Crippen LogP contribution in [0.25, 0.3) is 0 Å². The van der Waals surface area contributed by atoms with Gasteiger partial charge in [-0.15, -0.1) is 0 Å². The molecule has 0 aromatic rings. The third kappa shape index (κ3) is 2.50. The number of hydrogen-bond acceptors (Lipinski definition) is 1. The van der Waals surface area contributed by atoms with Crippen molar-refractivity contribution in [1.82, 2.24) is 4.90 Å². The highest BCUT2D eigenvalue weighted by molar-refractivity contribution is 4.81. The van der Waals surface area contributed by atoms with Gasteiger partial charge in [0.15, 0.2) is 0 Å². The molecule has 0 aromatic carbocycles. The first kappa shape index (κ1) is 10.5. The Morgan fingerprint density at radius 3 is 2.21 bits per heavy atom. The summed E-state index contributed by atoms with van der Waals surface area (Å²) in [7, 11) is 0. The summed E-state index contributed by atoms with van der Waals surface area (Å²) >= 11 is 0. The third-order valence-electron chi connectivity index (χ3n) is 4.17. The maximum atomic E-state index is 2.75. The summed E-state index contributed by atoms with van der Waals surface area (Å²) < 4.78 is 0. The van der Waals surface area contributed by atoms with Gasteiger partial charge in [-0.1, -0.05) is 19.8 Å². The van der Waals surface area contributed by atoms with Gasteiger partial charge in [0.1, 0.15) is 0 Å². The average molecular weight is 195 g/mol. The third-order valence-corrected chi connectivity index (χ3v) is 4.17. The summed E-state index contributed by atoms with van der Waals surface area (Å²) in [5, 5.41) is 0. The van der Waals surface area contributed by atoms with Crippen molar-refractivity contribution in [3.8, 4) is 0 Å². The molecule has 2 fully saturated rings. The molecule has 1 aliphatic heterocycles. The molecule has 0 bridgehead atoms. The van der Waals surface area contributed by atoms with E-state index >= 15 is 0 Å². The number of nitrogens with zero attached hydrogens (tertiary/aromatic N) is 1. The normalized spacial score (nSPS) is 34.9. The fourth-order valence-corrected chi connectivity index (χ4v) is 3.31. The van der Waals surface area contributed by atoms with Crippen LogP contribution in [-0.2, 0) is 0 Å². The Balaban J connectivity index is 1.72. The lowest BCUT2D eigenvalue weighted by Crippen LogP contribution is -2.35. The standard InChI is InChI=1S/C13H25N/c1-2-5-12-6-8-13(9-7-12)14-10-3-4-11-14/h12-13H,2-11H2,1H3. The molecule has 14 heavy (non-hydrogen) atoms. The van der Waals surface area contributed by atoms with Gasteiger partial charge in [0.05, 0.1) is 0 Å². The van der Waals surface area contributed by atoms with E-state index in [1.165, 1.54) is 64.5 Å². The highest BCUT2D eigenvalue weighted by Crippen LogP contribution is 2.31. The lowest BCUT2D eigenvalue weighted by atomic mass is 9.83. The van der Waals surface area contributed by atoms with E-state index in [0.29, 0.717) is 0 Å². The second-order valence-electron chi connectivity index (χ2n) is 5.21. The topological polar surface area (TPSA) is 3.24 Å². The minimum absolute atomic E-state index is 0.964. The molecule has 0 unspecified atom stereocenters. The van der Waals surface area contributed by atoms with E-state index in [2.05, 4.69) is 11.8 Å². The van der Waals surface area contributed by atoms with E-state index in [1.807, 2.05) is 0 Å². The molecule has 1 saturated heterocycles. The zero-order chi connectivity index (χ0) is 9.80. The highest BCUT2D eigenvalue weighted by Gasteiger charge is 2.26. The molecule has 1 saturated carbocycles. The van der Waals surface area contributed by atoms with Crippen LogP contribution in [0.15, 0.2) is 0 Å². The maximum Gasteiger partial charge on any atom is 0.00954 e. The molecule has 2 rings (SSSR count). The monoisotopic (exact) mass is 195 g/mol. The largest absolute Gasteiger partial charge is 0.300 e. The van der Waals surface area contributed by atoms with Gasteiger partial charge < -0.3 is 4.90 Å². The Kier molecular flexibility index (Phi) is 3.86. The van der Waals surface area contributed by atoms with Gasteiger partial charge in [-0.2, -0.15) is 0 Å². The second kappa shape index (κ2) is 5.16. The van der Waals surface area contributed by atoms with Crippen LogP contribution in [0.5, 0.6) is 0 Å². The summed E-state index contributed by atoms with van der Waals surface area (Å²) in [4.78, 5) is 2.75. The molecule has 0 radical (unpaired) electrons. The van der Waals surface area contributed by atoms with Crippen LogP contribution < -0.4 is 0 Å². The van der Waals surface area contributed by atoms with Crippen LogP contribution in [0.2, 0.25) is 0 Å². The molecule has 0 spiro atoms. The summed E-state index contributed by atoms with van der Waals surface area (Å²) in [6.45, 7) is 5.11. The first-order valence-electron chi connectivity index (χ1n) is 6.64. The van der Waals surface area contributed by atoms with Crippen molar-refractivity contribution in [1.29, 1.82) is 0 Å². The quantitative estimate of drug-likeness (QED) is 0.667. The van der Waals surface area contributed by atoms with E-state index in [1.54, 1.807) is 0 Å². The molecule has 1 heterocycles. The Morgan fingerprint density at radius 2 is 1.64 bits per heavy atom. The fraction of sp³-hybridized carbons (Fsp3) is 1.00. The summed E-state index contributed by atoms with van der Waals surface area (Å²) in [6.07, 6.45) is 11.8. The van der Waals surface area contributed by atoms with Crippen LogP contribution >= 0.6 is 0 Å². The zero-order valence-corrected chi connectivity index (χ0v) is 9.67.